The minimum absolute atomic E-state index is 0.184. The monoisotopic (exact) mass is 926 g/mol. The molecule has 4 aliphatic carbocycles. The maximum atomic E-state index is 2.49. The van der Waals surface area contributed by atoms with Crippen molar-refractivity contribution in [3.8, 4) is 22.3 Å². The Hall–Kier alpha value is -7.94. The van der Waals surface area contributed by atoms with Gasteiger partial charge in [0.25, 0.3) is 0 Å². The molecule has 0 radical (unpaired) electrons. The fourth-order valence-corrected chi connectivity index (χ4v) is 13.4. The summed E-state index contributed by atoms with van der Waals surface area (Å²) in [4.78, 5) is 4.99. The Morgan fingerprint density at radius 1 is 0.347 bits per heavy atom. The third-order valence-electron chi connectivity index (χ3n) is 17.1. The molecule has 10 aromatic carbocycles. The molecule has 14 rings (SSSR count). The van der Waals surface area contributed by atoms with E-state index in [1.165, 1.54) is 145 Å². The lowest BCUT2D eigenvalue weighted by Gasteiger charge is -2.29. The molecule has 72 heavy (non-hydrogen) atoms. The van der Waals surface area contributed by atoms with Crippen molar-refractivity contribution < 1.29 is 0 Å². The van der Waals surface area contributed by atoms with Gasteiger partial charge in [-0.3, -0.25) is 0 Å². The van der Waals surface area contributed by atoms with Crippen LogP contribution in [0.2, 0.25) is 0 Å². The first kappa shape index (κ1) is 42.9. The van der Waals surface area contributed by atoms with E-state index in [0.717, 1.165) is 25.7 Å². The van der Waals surface area contributed by atoms with Crippen LogP contribution in [0.25, 0.3) is 56.0 Å². The van der Waals surface area contributed by atoms with Crippen molar-refractivity contribution >= 4 is 67.8 Å². The van der Waals surface area contributed by atoms with Gasteiger partial charge in [-0.15, -0.1) is 0 Å². The van der Waals surface area contributed by atoms with E-state index in [4.69, 9.17) is 0 Å². The normalized spacial score (nSPS) is 15.0. The van der Waals surface area contributed by atoms with Crippen molar-refractivity contribution in [1.82, 2.24) is 0 Å². The minimum atomic E-state index is -0.184. The lowest BCUT2D eigenvalue weighted by Crippen LogP contribution is -2.17. The first-order valence-electron chi connectivity index (χ1n) is 26.1. The molecule has 10 aromatic rings. The lowest BCUT2D eigenvalue weighted by molar-refractivity contribution is 0.660. The molecule has 0 atom stereocenters. The third-order valence-corrected chi connectivity index (χ3v) is 17.1. The topological polar surface area (TPSA) is 6.48 Å². The average Bonchev–Trinajstić information content (AvgIpc) is 4.13. The zero-order chi connectivity index (χ0) is 48.6. The predicted molar refractivity (Wildman–Crippen MR) is 306 cm³/mol. The van der Waals surface area contributed by atoms with Crippen LogP contribution in [0.1, 0.15) is 94.5 Å². The van der Waals surface area contributed by atoms with Crippen LogP contribution in [0.15, 0.2) is 182 Å². The lowest BCUT2D eigenvalue weighted by atomic mass is 9.81. The Morgan fingerprint density at radius 3 is 1.12 bits per heavy atom. The molecule has 2 nitrogen and oxygen atoms in total. The zero-order valence-corrected chi connectivity index (χ0v) is 42.2. The number of aryl methyl sites for hydroxylation is 6. The second-order valence-electron chi connectivity index (χ2n) is 22.2. The van der Waals surface area contributed by atoms with Gasteiger partial charge < -0.3 is 9.80 Å². The highest BCUT2D eigenvalue weighted by Gasteiger charge is 2.38. The van der Waals surface area contributed by atoms with E-state index in [9.17, 15) is 0 Å². The standard InChI is InChI=1S/C70H58N2/c1-43-11-7-15-51(37-43)71(65-35-27-49-25-23-47-13-9-17-59(65)67(47)49)53-29-33-57-55-31-21-45(39-61(55)69(3,4)63(57)41-53)19-20-46-22-32-56-58-34-30-54(42-64(58)70(5,6)62(56)40-46)72(52-16-8-12-44(2)38-52)66-36-28-50-26-24-48-14-10-18-60(66)68(48)50/h7-22,27-42H,23-26H2,1-6H3/b20-19+. The largest absolute Gasteiger partial charge is 0.310 e. The van der Waals surface area contributed by atoms with E-state index in [1.54, 1.807) is 0 Å². The molecular weight excluding hydrogens is 869 g/mol. The average molecular weight is 927 g/mol. The maximum absolute atomic E-state index is 2.49. The molecule has 0 heterocycles. The third kappa shape index (κ3) is 6.47. The highest BCUT2D eigenvalue weighted by atomic mass is 15.1. The van der Waals surface area contributed by atoms with Crippen LogP contribution in [0.3, 0.4) is 0 Å². The SMILES string of the molecule is Cc1cccc(N(c2ccc3c(c2)C(C)(C)c2cc(/C=C/c4ccc5c(c4)C(C)(C)c4cc(N(c6cccc(C)c6)c6ccc7c8c(cccc68)CC7)ccc4-5)ccc2-3)c2ccc3c4c(cccc24)CC3)c1. The highest BCUT2D eigenvalue weighted by molar-refractivity contribution is 6.05. The molecule has 348 valence electrons. The van der Waals surface area contributed by atoms with Crippen LogP contribution in [0.4, 0.5) is 34.1 Å². The van der Waals surface area contributed by atoms with Crippen molar-refractivity contribution in [2.75, 3.05) is 9.80 Å². The summed E-state index contributed by atoms with van der Waals surface area (Å²) in [6, 6.07) is 69.7. The van der Waals surface area contributed by atoms with E-state index >= 15 is 0 Å². The molecule has 0 unspecified atom stereocenters. The second-order valence-corrected chi connectivity index (χ2v) is 22.2. The van der Waals surface area contributed by atoms with E-state index in [1.807, 2.05) is 0 Å². The van der Waals surface area contributed by atoms with Gasteiger partial charge >= 0.3 is 0 Å². The number of fused-ring (bicyclic) bond motifs is 6. The summed E-state index contributed by atoms with van der Waals surface area (Å²) in [7, 11) is 0. The molecule has 0 saturated heterocycles. The molecule has 0 fully saturated rings. The van der Waals surface area contributed by atoms with Gasteiger partial charge in [0.2, 0.25) is 0 Å². The van der Waals surface area contributed by atoms with Gasteiger partial charge in [-0.2, -0.15) is 0 Å². The summed E-state index contributed by atoms with van der Waals surface area (Å²) in [5.74, 6) is 0. The molecular formula is C70H58N2. The second kappa shape index (κ2) is 15.8. The number of hydrogen-bond acceptors (Lipinski definition) is 2. The van der Waals surface area contributed by atoms with Crippen molar-refractivity contribution in [3.05, 3.63) is 249 Å². The number of hydrogen-bond donors (Lipinski definition) is 0. The molecule has 0 aromatic heterocycles. The van der Waals surface area contributed by atoms with Gasteiger partial charge in [-0.1, -0.05) is 161 Å². The van der Waals surface area contributed by atoms with Gasteiger partial charge in [0.15, 0.2) is 0 Å². The fourth-order valence-electron chi connectivity index (χ4n) is 13.4. The first-order valence-corrected chi connectivity index (χ1v) is 26.1. The minimum Gasteiger partial charge on any atom is -0.310 e. The highest BCUT2D eigenvalue weighted by Crippen LogP contribution is 2.54. The smallest absolute Gasteiger partial charge is 0.0540 e. The Labute approximate surface area is 424 Å². The van der Waals surface area contributed by atoms with Crippen molar-refractivity contribution in [2.24, 2.45) is 0 Å². The molecule has 0 amide bonds. The zero-order valence-electron chi connectivity index (χ0n) is 42.2. The Kier molecular flexibility index (Phi) is 9.40. The summed E-state index contributed by atoms with van der Waals surface area (Å²) in [6.45, 7) is 14.0. The number of anilines is 6. The molecule has 2 heteroatoms. The molecule has 0 bridgehead atoms. The molecule has 0 spiro atoms. The predicted octanol–water partition coefficient (Wildman–Crippen LogP) is 18.5. The van der Waals surface area contributed by atoms with Gasteiger partial charge in [0.1, 0.15) is 0 Å². The number of nitrogens with zero attached hydrogens (tertiary/aromatic N) is 2. The van der Waals surface area contributed by atoms with E-state index < -0.39 is 0 Å². The Bertz CT molecular complexity index is 3690. The van der Waals surface area contributed by atoms with Crippen molar-refractivity contribution in [2.45, 2.75) is 78.1 Å². The summed E-state index contributed by atoms with van der Waals surface area (Å²) >= 11 is 0. The van der Waals surface area contributed by atoms with Crippen molar-refractivity contribution in [3.63, 3.8) is 0 Å². The summed E-state index contributed by atoms with van der Waals surface area (Å²) in [5.41, 5.74) is 28.5. The van der Waals surface area contributed by atoms with E-state index in [0.29, 0.717) is 0 Å². The number of benzene rings is 10. The fraction of sp³-hybridized carbons (Fsp3) is 0.171. The van der Waals surface area contributed by atoms with Gasteiger partial charge in [0.05, 0.1) is 11.4 Å². The summed E-state index contributed by atoms with van der Waals surface area (Å²) in [6.07, 6.45) is 9.10. The summed E-state index contributed by atoms with van der Waals surface area (Å²) < 4.78 is 0. The Balaban J connectivity index is 0.781. The molecule has 4 aliphatic rings. The maximum Gasteiger partial charge on any atom is 0.0540 e. The van der Waals surface area contributed by atoms with Crippen LogP contribution >= 0.6 is 0 Å². The van der Waals surface area contributed by atoms with Crippen LogP contribution < -0.4 is 9.80 Å². The molecule has 0 aliphatic heterocycles. The first-order chi connectivity index (χ1) is 35.0. The van der Waals surface area contributed by atoms with E-state index in [-0.39, 0.29) is 10.8 Å². The quantitative estimate of drug-likeness (QED) is 0.140. The van der Waals surface area contributed by atoms with E-state index in [2.05, 4.69) is 245 Å². The van der Waals surface area contributed by atoms with Crippen LogP contribution in [0, 0.1) is 13.8 Å². The summed E-state index contributed by atoms with van der Waals surface area (Å²) in [5, 5.41) is 5.54. The van der Waals surface area contributed by atoms with Crippen LogP contribution in [0.5, 0.6) is 0 Å². The van der Waals surface area contributed by atoms with Crippen LogP contribution in [-0.4, -0.2) is 0 Å². The van der Waals surface area contributed by atoms with Gasteiger partial charge in [0, 0.05) is 44.4 Å². The molecule has 0 N–H and O–H groups in total. The van der Waals surface area contributed by atoms with Gasteiger partial charge in [-0.25, -0.2) is 0 Å². The number of rotatable bonds is 8. The van der Waals surface area contributed by atoms with Crippen LogP contribution in [-0.2, 0) is 36.5 Å². The Morgan fingerprint density at radius 2 is 0.708 bits per heavy atom. The molecule has 0 saturated carbocycles. The van der Waals surface area contributed by atoms with Gasteiger partial charge in [-0.05, 0) is 200 Å². The van der Waals surface area contributed by atoms with Crippen molar-refractivity contribution in [1.29, 1.82) is 0 Å².